The van der Waals surface area contributed by atoms with Gasteiger partial charge in [-0.25, -0.2) is 0 Å². The predicted octanol–water partition coefficient (Wildman–Crippen LogP) is 5.06. The minimum Gasteiger partial charge on any atom is -0.480 e. The number of aryl methyl sites for hydroxylation is 1. The zero-order valence-electron chi connectivity index (χ0n) is 15.7. The highest BCUT2D eigenvalue weighted by atomic mass is 16.5. The lowest BCUT2D eigenvalue weighted by Gasteiger charge is -2.25. The molecule has 0 fully saturated rings. The molecular weight excluding hydrogens is 310 g/mol. The molecule has 2 atom stereocenters. The number of para-hydroxylation sites is 1. The lowest BCUT2D eigenvalue weighted by atomic mass is 9.96. The van der Waals surface area contributed by atoms with Gasteiger partial charge in [0, 0.05) is 0 Å². The van der Waals surface area contributed by atoms with Crippen LogP contribution in [0, 0.1) is 12.8 Å². The zero-order valence-corrected chi connectivity index (χ0v) is 15.7. The first kappa shape index (κ1) is 19.0. The lowest BCUT2D eigenvalue weighted by molar-refractivity contribution is -0.129. The van der Waals surface area contributed by atoms with Gasteiger partial charge in [0.25, 0.3) is 5.91 Å². The third-order valence-electron chi connectivity index (χ3n) is 4.25. The van der Waals surface area contributed by atoms with Crippen molar-refractivity contribution in [2.75, 3.05) is 0 Å². The summed E-state index contributed by atoms with van der Waals surface area (Å²) >= 11 is 0. The van der Waals surface area contributed by atoms with Gasteiger partial charge < -0.3 is 10.1 Å². The summed E-state index contributed by atoms with van der Waals surface area (Å²) in [5, 5.41) is 3.19. The van der Waals surface area contributed by atoms with Crippen LogP contribution in [-0.2, 0) is 4.79 Å². The molecule has 0 bridgehead atoms. The van der Waals surface area contributed by atoms with Crippen molar-refractivity contribution in [2.24, 2.45) is 5.92 Å². The summed E-state index contributed by atoms with van der Waals surface area (Å²) in [7, 11) is 0. The second-order valence-corrected chi connectivity index (χ2v) is 6.88. The van der Waals surface area contributed by atoms with Crippen molar-refractivity contribution in [1.29, 1.82) is 0 Å². The number of carbonyl (C=O) groups excluding carboxylic acids is 1. The molecule has 0 saturated carbocycles. The number of amides is 1. The van der Waals surface area contributed by atoms with Gasteiger partial charge in [0.05, 0.1) is 6.04 Å². The first-order chi connectivity index (χ1) is 12.0. The van der Waals surface area contributed by atoms with Crippen LogP contribution in [0.2, 0.25) is 0 Å². The molecule has 2 rings (SSSR count). The van der Waals surface area contributed by atoms with Gasteiger partial charge in [0.2, 0.25) is 0 Å². The maximum absolute atomic E-state index is 12.8. The van der Waals surface area contributed by atoms with Gasteiger partial charge in [-0.05, 0) is 42.9 Å². The van der Waals surface area contributed by atoms with E-state index in [4.69, 9.17) is 4.74 Å². The van der Waals surface area contributed by atoms with Crippen molar-refractivity contribution >= 4 is 5.91 Å². The summed E-state index contributed by atoms with van der Waals surface area (Å²) in [5.41, 5.74) is 2.17. The van der Waals surface area contributed by atoms with Gasteiger partial charge in [-0.1, -0.05) is 69.3 Å². The molecule has 0 unspecified atom stereocenters. The minimum absolute atomic E-state index is 0.00298. The molecule has 3 nitrogen and oxygen atoms in total. The van der Waals surface area contributed by atoms with Crippen LogP contribution < -0.4 is 10.1 Å². The Hall–Kier alpha value is -2.29. The van der Waals surface area contributed by atoms with E-state index < -0.39 is 6.10 Å². The van der Waals surface area contributed by atoms with Crippen molar-refractivity contribution in [1.82, 2.24) is 5.32 Å². The van der Waals surface area contributed by atoms with Gasteiger partial charge >= 0.3 is 0 Å². The molecular formula is C22H29NO2. The molecule has 134 valence electrons. The highest BCUT2D eigenvalue weighted by Crippen LogP contribution is 2.23. The predicted molar refractivity (Wildman–Crippen MR) is 103 cm³/mol. The highest BCUT2D eigenvalue weighted by molar-refractivity contribution is 5.81. The second-order valence-electron chi connectivity index (χ2n) is 6.88. The molecule has 0 aliphatic carbocycles. The van der Waals surface area contributed by atoms with Crippen LogP contribution in [0.3, 0.4) is 0 Å². The summed E-state index contributed by atoms with van der Waals surface area (Å²) in [6, 6.07) is 17.9. The summed E-state index contributed by atoms with van der Waals surface area (Å²) in [5.74, 6) is 1.20. The van der Waals surface area contributed by atoms with Crippen molar-refractivity contribution < 1.29 is 9.53 Å². The summed E-state index contributed by atoms with van der Waals surface area (Å²) < 4.78 is 5.99. The Morgan fingerprint density at radius 1 is 1.04 bits per heavy atom. The number of rotatable bonds is 8. The van der Waals surface area contributed by atoms with Crippen molar-refractivity contribution in [3.63, 3.8) is 0 Å². The van der Waals surface area contributed by atoms with Gasteiger partial charge in [0.1, 0.15) is 5.75 Å². The van der Waals surface area contributed by atoms with Crippen molar-refractivity contribution in [2.45, 2.75) is 52.7 Å². The molecule has 0 aliphatic rings. The SMILES string of the molecule is CC[C@H](Oc1ccccc1C)C(=O)N[C@@H](CC(C)C)c1ccccc1. The number of benzene rings is 2. The topological polar surface area (TPSA) is 38.3 Å². The zero-order chi connectivity index (χ0) is 18.2. The average Bonchev–Trinajstić information content (AvgIpc) is 2.60. The molecule has 0 aromatic heterocycles. The number of hydrogen-bond acceptors (Lipinski definition) is 2. The molecule has 0 aliphatic heterocycles. The fraction of sp³-hybridized carbons (Fsp3) is 0.409. The molecule has 0 heterocycles. The summed E-state index contributed by atoms with van der Waals surface area (Å²) in [4.78, 5) is 12.8. The number of ether oxygens (including phenoxy) is 1. The maximum atomic E-state index is 12.8. The van der Waals surface area contributed by atoms with Crippen LogP contribution >= 0.6 is 0 Å². The lowest BCUT2D eigenvalue weighted by Crippen LogP contribution is -2.40. The quantitative estimate of drug-likeness (QED) is 0.730. The number of nitrogens with one attached hydrogen (secondary N) is 1. The van der Waals surface area contributed by atoms with Crippen molar-refractivity contribution in [3.8, 4) is 5.75 Å². The van der Waals surface area contributed by atoms with E-state index in [1.165, 1.54) is 0 Å². The standard InChI is InChI=1S/C22H29NO2/c1-5-20(25-21-14-10-9-11-17(21)4)22(24)23-19(15-16(2)3)18-12-7-6-8-13-18/h6-14,16,19-20H,5,15H2,1-4H3,(H,23,24)/t19-,20-/m0/s1. The van der Waals surface area contributed by atoms with E-state index in [0.717, 1.165) is 23.3 Å². The summed E-state index contributed by atoms with van der Waals surface area (Å²) in [6.45, 7) is 8.31. The highest BCUT2D eigenvalue weighted by Gasteiger charge is 2.23. The largest absolute Gasteiger partial charge is 0.480 e. The van der Waals surface area contributed by atoms with Crippen LogP contribution in [0.25, 0.3) is 0 Å². The molecule has 1 amide bonds. The van der Waals surface area contributed by atoms with Crippen LogP contribution in [0.15, 0.2) is 54.6 Å². The molecule has 0 radical (unpaired) electrons. The van der Waals surface area contributed by atoms with Crippen molar-refractivity contribution in [3.05, 3.63) is 65.7 Å². The average molecular weight is 339 g/mol. The second kappa shape index (κ2) is 9.26. The Kier molecular flexibility index (Phi) is 7.05. The van der Waals surface area contributed by atoms with Gasteiger partial charge in [-0.2, -0.15) is 0 Å². The van der Waals surface area contributed by atoms with E-state index in [1.54, 1.807) is 0 Å². The molecule has 0 spiro atoms. The Labute approximate surface area is 151 Å². The molecule has 3 heteroatoms. The van der Waals surface area contributed by atoms with E-state index >= 15 is 0 Å². The number of hydrogen-bond donors (Lipinski definition) is 1. The maximum Gasteiger partial charge on any atom is 0.261 e. The van der Waals surface area contributed by atoms with Gasteiger partial charge in [0.15, 0.2) is 6.10 Å². The Morgan fingerprint density at radius 2 is 1.68 bits per heavy atom. The van der Waals surface area contributed by atoms with E-state index in [9.17, 15) is 4.79 Å². The fourth-order valence-electron chi connectivity index (χ4n) is 2.86. The molecule has 25 heavy (non-hydrogen) atoms. The van der Waals surface area contributed by atoms with Crippen LogP contribution in [0.5, 0.6) is 5.75 Å². The molecule has 1 N–H and O–H groups in total. The van der Waals surface area contributed by atoms with E-state index in [-0.39, 0.29) is 11.9 Å². The Balaban J connectivity index is 2.11. The van der Waals surface area contributed by atoms with Crippen LogP contribution in [0.1, 0.15) is 50.8 Å². The first-order valence-corrected chi connectivity index (χ1v) is 9.08. The minimum atomic E-state index is -0.487. The molecule has 0 saturated heterocycles. The van der Waals surface area contributed by atoms with Gasteiger partial charge in [-0.3, -0.25) is 4.79 Å². The molecule has 2 aromatic rings. The van der Waals surface area contributed by atoms with Crippen LogP contribution in [-0.4, -0.2) is 12.0 Å². The van der Waals surface area contributed by atoms with E-state index in [0.29, 0.717) is 12.3 Å². The van der Waals surface area contributed by atoms with E-state index in [2.05, 4.69) is 31.3 Å². The Bertz CT molecular complexity index is 667. The summed E-state index contributed by atoms with van der Waals surface area (Å²) in [6.07, 6.45) is 1.04. The number of carbonyl (C=O) groups is 1. The third kappa shape index (κ3) is 5.63. The smallest absolute Gasteiger partial charge is 0.261 e. The molecule has 2 aromatic carbocycles. The first-order valence-electron chi connectivity index (χ1n) is 9.08. The normalized spacial score (nSPS) is 13.3. The van der Waals surface area contributed by atoms with Gasteiger partial charge in [-0.15, -0.1) is 0 Å². The van der Waals surface area contributed by atoms with Crippen LogP contribution in [0.4, 0.5) is 0 Å². The monoisotopic (exact) mass is 339 g/mol. The van der Waals surface area contributed by atoms with E-state index in [1.807, 2.05) is 56.3 Å². The third-order valence-corrected chi connectivity index (χ3v) is 4.25. The Morgan fingerprint density at radius 3 is 2.28 bits per heavy atom. The fourth-order valence-corrected chi connectivity index (χ4v) is 2.86.